The molecule has 0 atom stereocenters. The Balaban J connectivity index is 1.94. The van der Waals surface area contributed by atoms with E-state index in [1.807, 2.05) is 39.0 Å². The van der Waals surface area contributed by atoms with Gasteiger partial charge < -0.3 is 10.1 Å². The van der Waals surface area contributed by atoms with Crippen molar-refractivity contribution in [2.45, 2.75) is 25.7 Å². The second-order valence-electron chi connectivity index (χ2n) is 7.32. The van der Waals surface area contributed by atoms with Crippen LogP contribution in [0.3, 0.4) is 0 Å². The SMILES string of the molecule is CCOc1ccc(N(CC(=O)Nc2cc(C)cc(C)c2)S(=O)(=O)c2ccc(Cl)cc2)cc1. The summed E-state index contributed by atoms with van der Waals surface area (Å²) in [6.07, 6.45) is 0. The monoisotopic (exact) mass is 472 g/mol. The number of aryl methyl sites for hydroxylation is 2. The normalized spacial score (nSPS) is 11.1. The lowest BCUT2D eigenvalue weighted by Crippen LogP contribution is -2.38. The predicted octanol–water partition coefficient (Wildman–Crippen LogP) is 5.19. The first-order valence-electron chi connectivity index (χ1n) is 10.1. The molecule has 3 rings (SSSR count). The van der Waals surface area contributed by atoms with Crippen LogP contribution in [0.25, 0.3) is 0 Å². The highest BCUT2D eigenvalue weighted by Crippen LogP contribution is 2.27. The number of benzene rings is 3. The van der Waals surface area contributed by atoms with Gasteiger partial charge in [-0.1, -0.05) is 17.7 Å². The second kappa shape index (κ2) is 10.1. The van der Waals surface area contributed by atoms with Crippen molar-refractivity contribution in [1.29, 1.82) is 0 Å². The van der Waals surface area contributed by atoms with Crippen LogP contribution < -0.4 is 14.4 Å². The van der Waals surface area contributed by atoms with Gasteiger partial charge in [0.1, 0.15) is 12.3 Å². The molecule has 0 unspecified atom stereocenters. The number of hydrogen-bond acceptors (Lipinski definition) is 4. The quantitative estimate of drug-likeness (QED) is 0.489. The van der Waals surface area contributed by atoms with Gasteiger partial charge in [-0.2, -0.15) is 0 Å². The molecule has 0 aliphatic heterocycles. The van der Waals surface area contributed by atoms with Crippen molar-refractivity contribution in [3.05, 3.63) is 82.9 Å². The lowest BCUT2D eigenvalue weighted by molar-refractivity contribution is -0.114. The van der Waals surface area contributed by atoms with Crippen LogP contribution in [0.1, 0.15) is 18.1 Å². The average Bonchev–Trinajstić information content (AvgIpc) is 2.72. The van der Waals surface area contributed by atoms with Crippen molar-refractivity contribution in [2.75, 3.05) is 22.8 Å². The maximum atomic E-state index is 13.4. The summed E-state index contributed by atoms with van der Waals surface area (Å²) in [7, 11) is -4.03. The number of halogens is 1. The molecule has 168 valence electrons. The maximum absolute atomic E-state index is 13.4. The fraction of sp³-hybridized carbons (Fsp3) is 0.208. The molecule has 0 saturated carbocycles. The van der Waals surface area contributed by atoms with E-state index < -0.39 is 22.5 Å². The molecular weight excluding hydrogens is 448 g/mol. The standard InChI is InChI=1S/C24H25ClN2O4S/c1-4-31-22-9-7-21(8-10-22)27(32(29,30)23-11-5-19(25)6-12-23)16-24(28)26-20-14-17(2)13-18(3)15-20/h5-15H,4,16H2,1-3H3,(H,26,28). The van der Waals surface area contributed by atoms with Crippen LogP contribution in [0, 0.1) is 13.8 Å². The summed E-state index contributed by atoms with van der Waals surface area (Å²) in [6.45, 7) is 5.82. The van der Waals surface area contributed by atoms with Gasteiger partial charge >= 0.3 is 0 Å². The highest BCUT2D eigenvalue weighted by molar-refractivity contribution is 7.92. The molecule has 1 amide bonds. The van der Waals surface area contributed by atoms with Crippen LogP contribution in [0.15, 0.2) is 71.6 Å². The van der Waals surface area contributed by atoms with Gasteiger partial charge in [0.05, 0.1) is 17.2 Å². The largest absolute Gasteiger partial charge is 0.494 e. The molecule has 1 N–H and O–H groups in total. The van der Waals surface area contributed by atoms with Gasteiger partial charge in [-0.25, -0.2) is 8.42 Å². The van der Waals surface area contributed by atoms with E-state index >= 15 is 0 Å². The molecule has 0 radical (unpaired) electrons. The zero-order chi connectivity index (χ0) is 23.3. The molecule has 0 saturated heterocycles. The third-order valence-electron chi connectivity index (χ3n) is 4.63. The summed E-state index contributed by atoms with van der Waals surface area (Å²) >= 11 is 5.92. The van der Waals surface area contributed by atoms with Gasteiger partial charge in [0.15, 0.2) is 0 Å². The number of sulfonamides is 1. The third kappa shape index (κ3) is 5.81. The number of amides is 1. The minimum atomic E-state index is -4.03. The van der Waals surface area contributed by atoms with Crippen molar-refractivity contribution in [3.8, 4) is 5.75 Å². The molecule has 8 heteroatoms. The number of ether oxygens (including phenoxy) is 1. The van der Waals surface area contributed by atoms with E-state index in [4.69, 9.17) is 16.3 Å². The number of carbonyl (C=O) groups is 1. The van der Waals surface area contributed by atoms with E-state index in [0.29, 0.717) is 28.8 Å². The van der Waals surface area contributed by atoms with E-state index in [1.54, 1.807) is 24.3 Å². The molecule has 0 spiro atoms. The molecule has 3 aromatic carbocycles. The predicted molar refractivity (Wildman–Crippen MR) is 128 cm³/mol. The van der Waals surface area contributed by atoms with Gasteiger partial charge in [0, 0.05) is 10.7 Å². The van der Waals surface area contributed by atoms with Crippen LogP contribution >= 0.6 is 11.6 Å². The van der Waals surface area contributed by atoms with E-state index in [-0.39, 0.29) is 4.90 Å². The number of hydrogen-bond donors (Lipinski definition) is 1. The van der Waals surface area contributed by atoms with Gasteiger partial charge in [0.25, 0.3) is 10.0 Å². The first-order valence-corrected chi connectivity index (χ1v) is 11.9. The lowest BCUT2D eigenvalue weighted by atomic mass is 10.1. The molecule has 3 aromatic rings. The number of carbonyl (C=O) groups excluding carboxylic acids is 1. The fourth-order valence-corrected chi connectivity index (χ4v) is 4.85. The topological polar surface area (TPSA) is 75.7 Å². The Labute approximate surface area is 193 Å². The fourth-order valence-electron chi connectivity index (χ4n) is 3.30. The highest BCUT2D eigenvalue weighted by atomic mass is 35.5. The van der Waals surface area contributed by atoms with E-state index in [2.05, 4.69) is 5.32 Å². The Morgan fingerprint density at radius 3 is 2.12 bits per heavy atom. The molecule has 0 heterocycles. The van der Waals surface area contributed by atoms with Crippen LogP contribution in [0.5, 0.6) is 5.75 Å². The number of nitrogens with zero attached hydrogens (tertiary/aromatic N) is 1. The van der Waals surface area contributed by atoms with Crippen LogP contribution in [-0.4, -0.2) is 27.5 Å². The molecule has 0 aliphatic rings. The van der Waals surface area contributed by atoms with Crippen LogP contribution in [-0.2, 0) is 14.8 Å². The van der Waals surface area contributed by atoms with Crippen molar-refractivity contribution in [2.24, 2.45) is 0 Å². The van der Waals surface area contributed by atoms with Crippen LogP contribution in [0.2, 0.25) is 5.02 Å². The Bertz CT molecular complexity index is 1170. The van der Waals surface area contributed by atoms with Crippen molar-refractivity contribution < 1.29 is 17.9 Å². The summed E-state index contributed by atoms with van der Waals surface area (Å²) in [5.41, 5.74) is 2.96. The summed E-state index contributed by atoms with van der Waals surface area (Å²) in [6, 6.07) is 18.1. The zero-order valence-electron chi connectivity index (χ0n) is 18.1. The lowest BCUT2D eigenvalue weighted by Gasteiger charge is -2.24. The van der Waals surface area contributed by atoms with Crippen molar-refractivity contribution in [3.63, 3.8) is 0 Å². The Kier molecular flexibility index (Phi) is 7.43. The molecule has 32 heavy (non-hydrogen) atoms. The smallest absolute Gasteiger partial charge is 0.264 e. The Hall–Kier alpha value is -3.03. The van der Waals surface area contributed by atoms with Gasteiger partial charge in [-0.05, 0) is 92.6 Å². The number of rotatable bonds is 8. The van der Waals surface area contributed by atoms with Crippen molar-refractivity contribution in [1.82, 2.24) is 0 Å². The molecule has 0 aromatic heterocycles. The highest BCUT2D eigenvalue weighted by Gasteiger charge is 2.27. The Morgan fingerprint density at radius 1 is 0.969 bits per heavy atom. The maximum Gasteiger partial charge on any atom is 0.264 e. The first-order chi connectivity index (χ1) is 15.2. The van der Waals surface area contributed by atoms with Crippen LogP contribution in [0.4, 0.5) is 11.4 Å². The molecule has 0 bridgehead atoms. The number of anilines is 2. The molecular formula is C24H25ClN2O4S. The van der Waals surface area contributed by atoms with Gasteiger partial charge in [-0.3, -0.25) is 9.10 Å². The minimum absolute atomic E-state index is 0.0370. The van der Waals surface area contributed by atoms with E-state index in [0.717, 1.165) is 15.4 Å². The first kappa shape index (κ1) is 23.6. The zero-order valence-corrected chi connectivity index (χ0v) is 19.7. The molecule has 0 aliphatic carbocycles. The summed E-state index contributed by atoms with van der Waals surface area (Å²) in [4.78, 5) is 12.9. The summed E-state index contributed by atoms with van der Waals surface area (Å²) in [5.74, 6) is 0.154. The Morgan fingerprint density at radius 2 is 1.56 bits per heavy atom. The summed E-state index contributed by atoms with van der Waals surface area (Å²) in [5, 5.41) is 3.22. The summed E-state index contributed by atoms with van der Waals surface area (Å²) < 4.78 is 33.4. The number of nitrogens with one attached hydrogen (secondary N) is 1. The minimum Gasteiger partial charge on any atom is -0.494 e. The molecule has 6 nitrogen and oxygen atoms in total. The second-order valence-corrected chi connectivity index (χ2v) is 9.62. The average molecular weight is 473 g/mol. The third-order valence-corrected chi connectivity index (χ3v) is 6.67. The van der Waals surface area contributed by atoms with Gasteiger partial charge in [-0.15, -0.1) is 0 Å². The van der Waals surface area contributed by atoms with E-state index in [9.17, 15) is 13.2 Å². The van der Waals surface area contributed by atoms with Gasteiger partial charge in [0.2, 0.25) is 5.91 Å². The van der Waals surface area contributed by atoms with Crippen molar-refractivity contribution >= 4 is 38.9 Å². The van der Waals surface area contributed by atoms with E-state index in [1.165, 1.54) is 24.3 Å². The molecule has 0 fully saturated rings.